The van der Waals surface area contributed by atoms with Gasteiger partial charge in [0.1, 0.15) is 5.75 Å². The molecular formula is C33H42Br2O. The van der Waals surface area contributed by atoms with Crippen molar-refractivity contribution in [3.63, 3.8) is 0 Å². The molecule has 0 fully saturated rings. The standard InChI is InChI=1S/C13H9Br.C12H9BrO.4C2H6/c14-11-6-5-10-7-9-3-1-2-4-12(9)13(10)8-11;13-10-6-7-12(14)11(8-10)9-4-2-1-3-5-9;4*1-2/h1-6,8H,7H2;1-8,14H;4*1-2H3. The van der Waals surface area contributed by atoms with Gasteiger partial charge in [0.2, 0.25) is 0 Å². The van der Waals surface area contributed by atoms with Gasteiger partial charge in [-0.2, -0.15) is 0 Å². The fraction of sp³-hybridized carbons (Fsp3) is 0.273. The summed E-state index contributed by atoms with van der Waals surface area (Å²) in [5.41, 5.74) is 7.53. The van der Waals surface area contributed by atoms with Crippen LogP contribution in [0.25, 0.3) is 22.3 Å². The van der Waals surface area contributed by atoms with E-state index in [1.54, 1.807) is 6.07 Å². The van der Waals surface area contributed by atoms with Crippen molar-refractivity contribution in [2.75, 3.05) is 0 Å². The second kappa shape index (κ2) is 19.8. The largest absolute Gasteiger partial charge is 0.507 e. The molecule has 0 aliphatic heterocycles. The predicted molar refractivity (Wildman–Crippen MR) is 169 cm³/mol. The van der Waals surface area contributed by atoms with Crippen molar-refractivity contribution in [2.24, 2.45) is 0 Å². The number of benzene rings is 4. The maximum Gasteiger partial charge on any atom is 0.123 e. The first-order chi connectivity index (χ1) is 17.6. The Bertz CT molecular complexity index is 1110. The Balaban J connectivity index is 0.000000534. The van der Waals surface area contributed by atoms with E-state index in [1.807, 2.05) is 97.9 Å². The van der Waals surface area contributed by atoms with Crippen LogP contribution >= 0.6 is 31.9 Å². The molecule has 0 bridgehead atoms. The average molecular weight is 615 g/mol. The number of hydrogen-bond donors (Lipinski definition) is 1. The molecule has 3 heteroatoms. The zero-order valence-electron chi connectivity index (χ0n) is 23.1. The minimum Gasteiger partial charge on any atom is -0.507 e. The molecule has 1 aliphatic carbocycles. The van der Waals surface area contributed by atoms with E-state index in [2.05, 4.69) is 74.3 Å². The smallest absolute Gasteiger partial charge is 0.123 e. The molecule has 0 saturated heterocycles. The zero-order valence-corrected chi connectivity index (χ0v) is 26.2. The number of phenols is 1. The molecule has 0 spiro atoms. The molecule has 0 atom stereocenters. The topological polar surface area (TPSA) is 20.2 Å². The van der Waals surface area contributed by atoms with Crippen LogP contribution in [-0.4, -0.2) is 5.11 Å². The summed E-state index contributed by atoms with van der Waals surface area (Å²) in [6.07, 6.45) is 1.08. The second-order valence-electron chi connectivity index (χ2n) is 6.66. The zero-order chi connectivity index (χ0) is 27.5. The van der Waals surface area contributed by atoms with E-state index in [4.69, 9.17) is 0 Å². The maximum atomic E-state index is 9.67. The van der Waals surface area contributed by atoms with Crippen LogP contribution in [0.2, 0.25) is 0 Å². The lowest BCUT2D eigenvalue weighted by atomic mass is 10.1. The van der Waals surface area contributed by atoms with Gasteiger partial charge in [-0.1, -0.05) is 148 Å². The summed E-state index contributed by atoms with van der Waals surface area (Å²) in [6, 6.07) is 30.4. The van der Waals surface area contributed by atoms with Gasteiger partial charge >= 0.3 is 0 Å². The highest BCUT2D eigenvalue weighted by Crippen LogP contribution is 2.37. The van der Waals surface area contributed by atoms with Crippen molar-refractivity contribution in [3.8, 4) is 28.0 Å². The minimum absolute atomic E-state index is 0.305. The van der Waals surface area contributed by atoms with Gasteiger partial charge in [0, 0.05) is 14.5 Å². The van der Waals surface area contributed by atoms with Crippen molar-refractivity contribution >= 4 is 31.9 Å². The number of halogens is 2. The summed E-state index contributed by atoms with van der Waals surface area (Å²) in [6.45, 7) is 16.0. The minimum atomic E-state index is 0.305. The van der Waals surface area contributed by atoms with E-state index in [0.717, 1.165) is 26.5 Å². The molecule has 4 aromatic rings. The Labute approximate surface area is 236 Å². The number of hydrogen-bond acceptors (Lipinski definition) is 1. The summed E-state index contributed by atoms with van der Waals surface area (Å²) in [7, 11) is 0. The SMILES string of the molecule is Brc1ccc2c(c1)-c1ccccc1C2.CC.CC.CC.CC.Oc1ccc(Br)cc1-c1ccccc1. The van der Waals surface area contributed by atoms with Crippen molar-refractivity contribution < 1.29 is 5.11 Å². The molecule has 0 radical (unpaired) electrons. The summed E-state index contributed by atoms with van der Waals surface area (Å²) in [5, 5.41) is 9.67. The third-order valence-electron chi connectivity index (χ3n) is 4.80. The van der Waals surface area contributed by atoms with E-state index in [0.29, 0.717) is 5.75 Å². The van der Waals surface area contributed by atoms with Crippen LogP contribution < -0.4 is 0 Å². The second-order valence-corrected chi connectivity index (χ2v) is 8.49. The van der Waals surface area contributed by atoms with Crippen LogP contribution in [-0.2, 0) is 6.42 Å². The third kappa shape index (κ3) is 9.95. The molecule has 0 aromatic heterocycles. The first-order valence-electron chi connectivity index (χ1n) is 13.0. The van der Waals surface area contributed by atoms with Gasteiger partial charge in [0.25, 0.3) is 0 Å². The van der Waals surface area contributed by atoms with Crippen molar-refractivity contribution in [3.05, 3.63) is 111 Å². The summed E-state index contributed by atoms with van der Waals surface area (Å²) >= 11 is 6.90. The first-order valence-corrected chi connectivity index (χ1v) is 14.6. The quantitative estimate of drug-likeness (QED) is 0.199. The van der Waals surface area contributed by atoms with E-state index in [-0.39, 0.29) is 0 Å². The fourth-order valence-electron chi connectivity index (χ4n) is 3.45. The number of aromatic hydroxyl groups is 1. The van der Waals surface area contributed by atoms with Crippen molar-refractivity contribution in [1.29, 1.82) is 0 Å². The van der Waals surface area contributed by atoms with Gasteiger partial charge in [-0.3, -0.25) is 0 Å². The molecule has 0 heterocycles. The monoisotopic (exact) mass is 612 g/mol. The van der Waals surface area contributed by atoms with Crippen LogP contribution in [0.15, 0.2) is 99.9 Å². The van der Waals surface area contributed by atoms with Crippen LogP contribution in [0.5, 0.6) is 5.75 Å². The lowest BCUT2D eigenvalue weighted by molar-refractivity contribution is 0.477. The Morgan fingerprint density at radius 3 is 1.58 bits per heavy atom. The van der Waals surface area contributed by atoms with Crippen LogP contribution in [0.1, 0.15) is 66.5 Å². The van der Waals surface area contributed by atoms with Gasteiger partial charge in [0.15, 0.2) is 0 Å². The molecule has 1 aliphatic rings. The highest BCUT2D eigenvalue weighted by molar-refractivity contribution is 9.10. The molecule has 4 aromatic carbocycles. The Kier molecular flexibility index (Phi) is 18.5. The maximum absolute atomic E-state index is 9.67. The van der Waals surface area contributed by atoms with Gasteiger partial charge in [-0.15, -0.1) is 0 Å². The first kappa shape index (κ1) is 33.6. The summed E-state index contributed by atoms with van der Waals surface area (Å²) in [5.74, 6) is 0.305. The lowest BCUT2D eigenvalue weighted by Crippen LogP contribution is -1.78. The average Bonchev–Trinajstić information content (AvgIpc) is 3.33. The fourth-order valence-corrected chi connectivity index (χ4v) is 4.18. The van der Waals surface area contributed by atoms with Gasteiger partial charge in [0.05, 0.1) is 0 Å². The molecule has 1 nitrogen and oxygen atoms in total. The third-order valence-corrected chi connectivity index (χ3v) is 5.79. The van der Waals surface area contributed by atoms with Crippen LogP contribution in [0, 0.1) is 0 Å². The van der Waals surface area contributed by atoms with Gasteiger partial charge in [-0.25, -0.2) is 0 Å². The number of fused-ring (bicyclic) bond motifs is 3. The van der Waals surface area contributed by atoms with E-state index in [1.165, 1.54) is 22.3 Å². The summed E-state index contributed by atoms with van der Waals surface area (Å²) < 4.78 is 2.13. The molecule has 5 rings (SSSR count). The van der Waals surface area contributed by atoms with E-state index in [9.17, 15) is 5.11 Å². The van der Waals surface area contributed by atoms with E-state index < -0.39 is 0 Å². The number of phenolic OH excluding ortho intramolecular Hbond substituents is 1. The molecule has 0 saturated carbocycles. The predicted octanol–water partition coefficient (Wildman–Crippen LogP) is 11.9. The molecular weight excluding hydrogens is 572 g/mol. The van der Waals surface area contributed by atoms with E-state index >= 15 is 0 Å². The summed E-state index contributed by atoms with van der Waals surface area (Å²) in [4.78, 5) is 0. The Morgan fingerprint density at radius 2 is 0.972 bits per heavy atom. The van der Waals surface area contributed by atoms with Gasteiger partial charge in [-0.05, 0) is 64.6 Å². The molecule has 0 unspecified atom stereocenters. The molecule has 0 amide bonds. The highest BCUT2D eigenvalue weighted by atomic mass is 79.9. The number of rotatable bonds is 1. The molecule has 194 valence electrons. The Hall–Kier alpha value is -2.36. The van der Waals surface area contributed by atoms with Crippen LogP contribution in [0.3, 0.4) is 0 Å². The van der Waals surface area contributed by atoms with Crippen molar-refractivity contribution in [2.45, 2.75) is 61.8 Å². The lowest BCUT2D eigenvalue weighted by Gasteiger charge is -2.04. The van der Waals surface area contributed by atoms with Crippen molar-refractivity contribution in [1.82, 2.24) is 0 Å². The van der Waals surface area contributed by atoms with Crippen LogP contribution in [0.4, 0.5) is 0 Å². The highest BCUT2D eigenvalue weighted by Gasteiger charge is 2.17. The normalized spacial score (nSPS) is 9.39. The Morgan fingerprint density at radius 1 is 0.500 bits per heavy atom. The molecule has 1 N–H and O–H groups in total. The molecule has 36 heavy (non-hydrogen) atoms. The van der Waals surface area contributed by atoms with Gasteiger partial charge < -0.3 is 5.11 Å².